The van der Waals surface area contributed by atoms with Crippen molar-refractivity contribution in [1.29, 1.82) is 0 Å². The minimum absolute atomic E-state index is 0.00514. The molecule has 1 aromatic carbocycles. The van der Waals surface area contributed by atoms with Gasteiger partial charge in [0.25, 0.3) is 0 Å². The number of carbonyl (C=O) groups excluding carboxylic acids is 3. The number of Topliss-reactive ketones (excluding diaryl/α,β-unsaturated/α-hetero) is 1. The zero-order valence-electron chi connectivity index (χ0n) is 15.2. The fourth-order valence-corrected chi connectivity index (χ4v) is 3.10. The first kappa shape index (κ1) is 20.6. The van der Waals surface area contributed by atoms with Gasteiger partial charge in [-0.2, -0.15) is 0 Å². The van der Waals surface area contributed by atoms with Crippen LogP contribution in [0.15, 0.2) is 28.7 Å². The fourth-order valence-electron chi connectivity index (χ4n) is 2.84. The molecule has 1 aliphatic heterocycles. The van der Waals surface area contributed by atoms with E-state index in [1.165, 1.54) is 0 Å². The van der Waals surface area contributed by atoms with Gasteiger partial charge in [-0.3, -0.25) is 19.3 Å². The Morgan fingerprint density at radius 1 is 1.04 bits per heavy atom. The van der Waals surface area contributed by atoms with Crippen LogP contribution in [0.3, 0.4) is 0 Å². The van der Waals surface area contributed by atoms with Gasteiger partial charge in [-0.15, -0.1) is 0 Å². The van der Waals surface area contributed by atoms with Crippen LogP contribution in [0.1, 0.15) is 36.5 Å². The molecule has 2 rings (SSSR count). The third-order valence-corrected chi connectivity index (χ3v) is 4.93. The molecule has 0 saturated carbocycles. The minimum Gasteiger partial charge on any atom is -0.355 e. The van der Waals surface area contributed by atoms with E-state index in [9.17, 15) is 14.4 Å². The lowest BCUT2D eigenvalue weighted by atomic mass is 10.1. The van der Waals surface area contributed by atoms with Crippen molar-refractivity contribution < 1.29 is 14.4 Å². The summed E-state index contributed by atoms with van der Waals surface area (Å²) in [6.07, 6.45) is 1.37. The Kier molecular flexibility index (Phi) is 8.25. The maximum atomic E-state index is 12.3. The van der Waals surface area contributed by atoms with Crippen LogP contribution in [0.5, 0.6) is 0 Å². The van der Waals surface area contributed by atoms with Crippen molar-refractivity contribution in [1.82, 2.24) is 15.1 Å². The maximum Gasteiger partial charge on any atom is 0.234 e. The number of benzene rings is 1. The number of amides is 2. The Balaban J connectivity index is 1.70. The number of nitrogens with zero attached hydrogens (tertiary/aromatic N) is 2. The summed E-state index contributed by atoms with van der Waals surface area (Å²) in [5.41, 5.74) is 0.629. The van der Waals surface area contributed by atoms with Gasteiger partial charge >= 0.3 is 0 Å². The first-order valence-electron chi connectivity index (χ1n) is 9.05. The molecule has 0 atom stereocenters. The molecule has 0 aliphatic carbocycles. The van der Waals surface area contributed by atoms with E-state index in [1.807, 2.05) is 19.1 Å². The summed E-state index contributed by atoms with van der Waals surface area (Å²) < 4.78 is 0.923. The van der Waals surface area contributed by atoms with E-state index in [-0.39, 0.29) is 30.4 Å². The lowest BCUT2D eigenvalue weighted by molar-refractivity contribution is -0.133. The molecule has 0 aromatic heterocycles. The molecule has 7 heteroatoms. The third-order valence-electron chi connectivity index (χ3n) is 4.40. The van der Waals surface area contributed by atoms with Crippen molar-refractivity contribution in [3.8, 4) is 0 Å². The Labute approximate surface area is 163 Å². The van der Waals surface area contributed by atoms with Crippen molar-refractivity contribution in [3.63, 3.8) is 0 Å². The molecule has 6 nitrogen and oxygen atoms in total. The van der Waals surface area contributed by atoms with Crippen molar-refractivity contribution in [2.75, 3.05) is 39.3 Å². The second kappa shape index (κ2) is 10.4. The van der Waals surface area contributed by atoms with Gasteiger partial charge in [0.15, 0.2) is 5.78 Å². The fraction of sp³-hybridized carbons (Fsp3) is 0.526. The highest BCUT2D eigenvalue weighted by atomic mass is 79.9. The van der Waals surface area contributed by atoms with E-state index in [4.69, 9.17) is 0 Å². The predicted octanol–water partition coefficient (Wildman–Crippen LogP) is 2.08. The highest BCUT2D eigenvalue weighted by molar-refractivity contribution is 9.10. The second-order valence-corrected chi connectivity index (χ2v) is 7.35. The van der Waals surface area contributed by atoms with Crippen LogP contribution >= 0.6 is 15.9 Å². The lowest BCUT2D eigenvalue weighted by Crippen LogP contribution is -2.51. The van der Waals surface area contributed by atoms with E-state index in [2.05, 4.69) is 26.1 Å². The van der Waals surface area contributed by atoms with Gasteiger partial charge < -0.3 is 10.2 Å². The van der Waals surface area contributed by atoms with Gasteiger partial charge in [-0.1, -0.05) is 35.0 Å². The van der Waals surface area contributed by atoms with Crippen molar-refractivity contribution in [2.24, 2.45) is 0 Å². The van der Waals surface area contributed by atoms with Crippen LogP contribution in [-0.4, -0.2) is 66.7 Å². The Morgan fingerprint density at radius 3 is 2.31 bits per heavy atom. The average molecular weight is 424 g/mol. The van der Waals surface area contributed by atoms with Crippen LogP contribution < -0.4 is 5.32 Å². The second-order valence-electron chi connectivity index (χ2n) is 6.44. The van der Waals surface area contributed by atoms with Gasteiger partial charge in [0.2, 0.25) is 11.8 Å². The molecule has 1 heterocycles. The van der Waals surface area contributed by atoms with Crippen LogP contribution in [0.25, 0.3) is 0 Å². The van der Waals surface area contributed by atoms with Crippen LogP contribution in [0.4, 0.5) is 0 Å². The monoisotopic (exact) mass is 423 g/mol. The molecule has 142 valence electrons. The molecular weight excluding hydrogens is 398 g/mol. The summed E-state index contributed by atoms with van der Waals surface area (Å²) in [5.74, 6) is 0.0225. The van der Waals surface area contributed by atoms with E-state index in [0.717, 1.165) is 10.9 Å². The largest absolute Gasteiger partial charge is 0.355 e. The third kappa shape index (κ3) is 6.53. The molecule has 1 aromatic rings. The van der Waals surface area contributed by atoms with E-state index in [0.29, 0.717) is 44.8 Å². The number of carbonyl (C=O) groups is 3. The first-order valence-corrected chi connectivity index (χ1v) is 9.84. The van der Waals surface area contributed by atoms with Crippen molar-refractivity contribution >= 4 is 33.5 Å². The molecule has 0 spiro atoms. The molecule has 1 N–H and O–H groups in total. The Hall–Kier alpha value is -1.73. The van der Waals surface area contributed by atoms with E-state index >= 15 is 0 Å². The molecule has 0 bridgehead atoms. The number of hydrogen-bond donors (Lipinski definition) is 1. The lowest BCUT2D eigenvalue weighted by Gasteiger charge is -2.34. The summed E-state index contributed by atoms with van der Waals surface area (Å²) >= 11 is 3.34. The zero-order chi connectivity index (χ0) is 18.9. The molecule has 1 fully saturated rings. The summed E-state index contributed by atoms with van der Waals surface area (Å²) in [6, 6.07) is 7.17. The number of nitrogens with one attached hydrogen (secondary N) is 1. The van der Waals surface area contributed by atoms with Crippen LogP contribution in [0, 0.1) is 0 Å². The molecule has 1 aliphatic rings. The highest BCUT2D eigenvalue weighted by Gasteiger charge is 2.22. The number of piperazine rings is 1. The van der Waals surface area contributed by atoms with Gasteiger partial charge in [0, 0.05) is 55.6 Å². The smallest absolute Gasteiger partial charge is 0.234 e. The van der Waals surface area contributed by atoms with E-state index in [1.54, 1.807) is 17.0 Å². The first-order chi connectivity index (χ1) is 12.5. The Bertz CT molecular complexity index is 625. The van der Waals surface area contributed by atoms with Gasteiger partial charge in [0.05, 0.1) is 6.54 Å². The van der Waals surface area contributed by atoms with Crippen molar-refractivity contribution in [3.05, 3.63) is 34.3 Å². The van der Waals surface area contributed by atoms with E-state index < -0.39 is 0 Å². The zero-order valence-corrected chi connectivity index (χ0v) is 16.8. The summed E-state index contributed by atoms with van der Waals surface area (Å²) in [7, 11) is 0. The van der Waals surface area contributed by atoms with Crippen molar-refractivity contribution in [2.45, 2.75) is 26.2 Å². The Morgan fingerprint density at radius 2 is 1.69 bits per heavy atom. The minimum atomic E-state index is -0.0166. The number of hydrogen-bond acceptors (Lipinski definition) is 4. The topological polar surface area (TPSA) is 69.7 Å². The molecule has 1 saturated heterocycles. The van der Waals surface area contributed by atoms with Crippen LogP contribution in [0.2, 0.25) is 0 Å². The maximum absolute atomic E-state index is 12.3. The summed E-state index contributed by atoms with van der Waals surface area (Å²) in [6.45, 7) is 5.68. The number of ketones is 1. The van der Waals surface area contributed by atoms with Gasteiger partial charge in [0.1, 0.15) is 0 Å². The van der Waals surface area contributed by atoms with Gasteiger partial charge in [-0.05, 0) is 18.6 Å². The predicted molar refractivity (Wildman–Crippen MR) is 104 cm³/mol. The van der Waals surface area contributed by atoms with Gasteiger partial charge in [-0.25, -0.2) is 0 Å². The molecular formula is C19H26BrN3O3. The normalized spacial score (nSPS) is 14.9. The summed E-state index contributed by atoms with van der Waals surface area (Å²) in [5, 5.41) is 2.86. The number of rotatable bonds is 8. The molecule has 0 radical (unpaired) electrons. The quantitative estimate of drug-likeness (QED) is 0.649. The molecule has 2 amide bonds. The molecule has 0 unspecified atom stereocenters. The highest BCUT2D eigenvalue weighted by Crippen LogP contribution is 2.13. The summed E-state index contributed by atoms with van der Waals surface area (Å²) in [4.78, 5) is 40.1. The SMILES string of the molecule is CCCNC(=O)CN1CCN(C(=O)CCC(=O)c2ccc(Br)cc2)CC1. The standard InChI is InChI=1S/C19H26BrN3O3/c1-2-9-21-18(25)14-22-10-12-23(13-11-22)19(26)8-7-17(24)15-3-5-16(20)6-4-15/h3-6H,2,7-14H2,1H3,(H,21,25). The average Bonchev–Trinajstić information content (AvgIpc) is 2.65. The molecule has 26 heavy (non-hydrogen) atoms. The number of halogens is 1. The van der Waals surface area contributed by atoms with Crippen LogP contribution in [-0.2, 0) is 9.59 Å².